The standard InChI is InChI=1S/C15H28FN3O3S/c1-2-23(21,22)19-8-3-5-14(13-19)15(20)18-11-9-17(10-12-18)7-4-6-16/h14H,2-13H2,1H3. The van der Waals surface area contributed by atoms with E-state index in [2.05, 4.69) is 4.90 Å². The lowest BCUT2D eigenvalue weighted by molar-refractivity contribution is -0.138. The van der Waals surface area contributed by atoms with Crippen LogP contribution in [0.5, 0.6) is 0 Å². The number of hydrogen-bond acceptors (Lipinski definition) is 4. The Morgan fingerprint density at radius 3 is 2.48 bits per heavy atom. The first-order valence-electron chi connectivity index (χ1n) is 8.53. The second kappa shape index (κ2) is 8.39. The molecular formula is C15H28FN3O3S. The molecule has 2 heterocycles. The predicted octanol–water partition coefficient (Wildman–Crippen LogP) is 0.552. The van der Waals surface area contributed by atoms with E-state index in [-0.39, 0.29) is 24.3 Å². The van der Waals surface area contributed by atoms with Crippen LogP contribution in [-0.4, -0.2) is 86.7 Å². The molecule has 2 rings (SSSR count). The van der Waals surface area contributed by atoms with Crippen molar-refractivity contribution in [1.82, 2.24) is 14.1 Å². The third-order valence-electron chi connectivity index (χ3n) is 4.78. The molecule has 0 spiro atoms. The minimum absolute atomic E-state index is 0.0751. The number of nitrogens with zero attached hydrogens (tertiary/aromatic N) is 3. The van der Waals surface area contributed by atoms with Crippen molar-refractivity contribution < 1.29 is 17.6 Å². The zero-order valence-corrected chi connectivity index (χ0v) is 14.7. The molecule has 0 N–H and O–H groups in total. The number of hydrogen-bond donors (Lipinski definition) is 0. The van der Waals surface area contributed by atoms with E-state index in [4.69, 9.17) is 0 Å². The van der Waals surface area contributed by atoms with E-state index in [1.165, 1.54) is 4.31 Å². The second-order valence-electron chi connectivity index (χ2n) is 6.31. The molecule has 6 nitrogen and oxygen atoms in total. The summed E-state index contributed by atoms with van der Waals surface area (Å²) in [4.78, 5) is 16.7. The fourth-order valence-electron chi connectivity index (χ4n) is 3.31. The van der Waals surface area contributed by atoms with Crippen LogP contribution < -0.4 is 0 Å². The van der Waals surface area contributed by atoms with Gasteiger partial charge in [-0.25, -0.2) is 12.7 Å². The van der Waals surface area contributed by atoms with E-state index in [9.17, 15) is 17.6 Å². The van der Waals surface area contributed by atoms with Crippen molar-refractivity contribution in [2.75, 3.05) is 58.2 Å². The SMILES string of the molecule is CCS(=O)(=O)N1CCCC(C(=O)N2CCN(CCCF)CC2)C1. The molecule has 0 bridgehead atoms. The molecule has 0 radical (unpaired) electrons. The smallest absolute Gasteiger partial charge is 0.227 e. The lowest BCUT2D eigenvalue weighted by atomic mass is 9.98. The summed E-state index contributed by atoms with van der Waals surface area (Å²) in [5, 5.41) is 0. The number of alkyl halides is 1. The third-order valence-corrected chi connectivity index (χ3v) is 6.63. The van der Waals surface area contributed by atoms with Gasteiger partial charge in [-0.3, -0.25) is 14.1 Å². The Morgan fingerprint density at radius 2 is 1.87 bits per heavy atom. The van der Waals surface area contributed by atoms with Gasteiger partial charge in [0.2, 0.25) is 15.9 Å². The first-order chi connectivity index (χ1) is 11.0. The Kier molecular flexibility index (Phi) is 6.79. The van der Waals surface area contributed by atoms with E-state index in [0.29, 0.717) is 32.6 Å². The largest absolute Gasteiger partial charge is 0.340 e. The number of rotatable bonds is 6. The number of carbonyl (C=O) groups is 1. The first kappa shape index (κ1) is 18.6. The van der Waals surface area contributed by atoms with Crippen LogP contribution in [0.4, 0.5) is 4.39 Å². The molecule has 23 heavy (non-hydrogen) atoms. The van der Waals surface area contributed by atoms with E-state index < -0.39 is 10.0 Å². The van der Waals surface area contributed by atoms with Gasteiger partial charge in [0.1, 0.15) is 0 Å². The molecule has 2 aliphatic heterocycles. The Balaban J connectivity index is 1.86. The number of halogens is 1. The summed E-state index contributed by atoms with van der Waals surface area (Å²) in [6.07, 6.45) is 2.04. The fourth-order valence-corrected chi connectivity index (χ4v) is 4.49. The lowest BCUT2D eigenvalue weighted by Crippen LogP contribution is -2.53. The summed E-state index contributed by atoms with van der Waals surface area (Å²) in [6.45, 7) is 5.77. The molecule has 2 aliphatic rings. The van der Waals surface area contributed by atoms with Gasteiger partial charge in [-0.1, -0.05) is 0 Å². The Labute approximate surface area is 138 Å². The second-order valence-corrected chi connectivity index (χ2v) is 8.56. The van der Waals surface area contributed by atoms with Gasteiger partial charge in [-0.05, 0) is 26.2 Å². The summed E-state index contributed by atoms with van der Waals surface area (Å²) in [6, 6.07) is 0. The molecule has 0 aliphatic carbocycles. The summed E-state index contributed by atoms with van der Waals surface area (Å²) < 4.78 is 37.7. The summed E-state index contributed by atoms with van der Waals surface area (Å²) >= 11 is 0. The van der Waals surface area contributed by atoms with E-state index in [1.54, 1.807) is 6.92 Å². The van der Waals surface area contributed by atoms with Crippen LogP contribution in [0.2, 0.25) is 0 Å². The number of amides is 1. The highest BCUT2D eigenvalue weighted by Crippen LogP contribution is 2.22. The van der Waals surface area contributed by atoms with Crippen molar-refractivity contribution in [2.45, 2.75) is 26.2 Å². The van der Waals surface area contributed by atoms with Gasteiger partial charge in [0.15, 0.2) is 0 Å². The van der Waals surface area contributed by atoms with E-state index in [1.807, 2.05) is 4.90 Å². The van der Waals surface area contributed by atoms with Crippen molar-refractivity contribution in [3.8, 4) is 0 Å². The molecule has 8 heteroatoms. The molecule has 134 valence electrons. The molecule has 0 aromatic heterocycles. The van der Waals surface area contributed by atoms with Gasteiger partial charge in [0.05, 0.1) is 18.3 Å². The molecule has 1 atom stereocenters. The molecule has 1 unspecified atom stereocenters. The summed E-state index contributed by atoms with van der Waals surface area (Å²) in [5.41, 5.74) is 0. The highest BCUT2D eigenvalue weighted by molar-refractivity contribution is 7.89. The number of piperidine rings is 1. The van der Waals surface area contributed by atoms with Crippen LogP contribution >= 0.6 is 0 Å². The maximum Gasteiger partial charge on any atom is 0.227 e. The maximum atomic E-state index is 12.7. The molecule has 0 saturated carbocycles. The number of carbonyl (C=O) groups excluding carboxylic acids is 1. The van der Waals surface area contributed by atoms with Gasteiger partial charge in [0, 0.05) is 45.8 Å². The highest BCUT2D eigenvalue weighted by Gasteiger charge is 2.34. The van der Waals surface area contributed by atoms with Crippen molar-refractivity contribution in [3.05, 3.63) is 0 Å². The molecule has 2 saturated heterocycles. The van der Waals surface area contributed by atoms with Crippen LogP contribution in [0.25, 0.3) is 0 Å². The molecule has 1 amide bonds. The fraction of sp³-hybridized carbons (Fsp3) is 0.933. The minimum Gasteiger partial charge on any atom is -0.340 e. The van der Waals surface area contributed by atoms with Crippen molar-refractivity contribution in [2.24, 2.45) is 5.92 Å². The highest BCUT2D eigenvalue weighted by atomic mass is 32.2. The molecule has 2 fully saturated rings. The average molecular weight is 349 g/mol. The normalized spacial score (nSPS) is 24.8. The summed E-state index contributed by atoms with van der Waals surface area (Å²) in [7, 11) is -3.22. The van der Waals surface area contributed by atoms with Crippen LogP contribution in [0, 0.1) is 5.92 Å². The molecular weight excluding hydrogens is 321 g/mol. The topological polar surface area (TPSA) is 60.9 Å². The van der Waals surface area contributed by atoms with Crippen LogP contribution in [-0.2, 0) is 14.8 Å². The van der Waals surface area contributed by atoms with Gasteiger partial charge in [-0.2, -0.15) is 0 Å². The molecule has 0 aromatic carbocycles. The lowest BCUT2D eigenvalue weighted by Gasteiger charge is -2.38. The number of sulfonamides is 1. The maximum absolute atomic E-state index is 12.7. The van der Waals surface area contributed by atoms with Gasteiger partial charge >= 0.3 is 0 Å². The van der Waals surface area contributed by atoms with Crippen molar-refractivity contribution >= 4 is 15.9 Å². The third kappa shape index (κ3) is 4.87. The van der Waals surface area contributed by atoms with Gasteiger partial charge in [-0.15, -0.1) is 0 Å². The van der Waals surface area contributed by atoms with Crippen molar-refractivity contribution in [3.63, 3.8) is 0 Å². The van der Waals surface area contributed by atoms with Gasteiger partial charge in [0.25, 0.3) is 0 Å². The Hall–Kier alpha value is -0.730. The van der Waals surface area contributed by atoms with Crippen molar-refractivity contribution in [1.29, 1.82) is 0 Å². The predicted molar refractivity (Wildman–Crippen MR) is 87.4 cm³/mol. The zero-order valence-electron chi connectivity index (χ0n) is 13.9. The van der Waals surface area contributed by atoms with E-state index in [0.717, 1.165) is 32.5 Å². The minimum atomic E-state index is -3.22. The zero-order chi connectivity index (χ0) is 16.9. The summed E-state index contributed by atoms with van der Waals surface area (Å²) in [5.74, 6) is -0.0603. The molecule has 0 aromatic rings. The van der Waals surface area contributed by atoms with Crippen LogP contribution in [0.15, 0.2) is 0 Å². The Morgan fingerprint density at radius 1 is 1.17 bits per heavy atom. The monoisotopic (exact) mass is 349 g/mol. The average Bonchev–Trinajstić information content (AvgIpc) is 2.60. The van der Waals surface area contributed by atoms with Crippen LogP contribution in [0.3, 0.4) is 0 Å². The number of piperazine rings is 1. The van der Waals surface area contributed by atoms with Gasteiger partial charge < -0.3 is 4.90 Å². The van der Waals surface area contributed by atoms with Crippen LogP contribution in [0.1, 0.15) is 26.2 Å². The first-order valence-corrected chi connectivity index (χ1v) is 10.1. The quantitative estimate of drug-likeness (QED) is 0.703. The Bertz CT molecular complexity index is 492. The van der Waals surface area contributed by atoms with E-state index >= 15 is 0 Å².